The fraction of sp³-hybridized carbons (Fsp3) is 0.188. The molecule has 1 aromatic heterocycles. The van der Waals surface area contributed by atoms with Crippen LogP contribution >= 0.6 is 0 Å². The van der Waals surface area contributed by atoms with Gasteiger partial charge in [0, 0.05) is 18.0 Å². The van der Waals surface area contributed by atoms with Gasteiger partial charge in [-0.15, -0.1) is 0 Å². The second-order valence-electron chi connectivity index (χ2n) is 5.07. The predicted octanol–water partition coefficient (Wildman–Crippen LogP) is 2.22. The number of rotatable bonds is 6. The normalized spacial score (nSPS) is 11.2. The lowest BCUT2D eigenvalue weighted by molar-refractivity contribution is -0.385. The maximum atomic E-state index is 11.8. The number of hydrogen-bond acceptors (Lipinski definition) is 5. The van der Waals surface area contributed by atoms with E-state index in [-0.39, 0.29) is 18.1 Å². The molecule has 1 amide bonds. The van der Waals surface area contributed by atoms with Crippen LogP contribution in [-0.4, -0.2) is 26.8 Å². The highest BCUT2D eigenvalue weighted by Crippen LogP contribution is 2.18. The van der Waals surface area contributed by atoms with Gasteiger partial charge in [-0.25, -0.2) is 5.43 Å². The van der Waals surface area contributed by atoms with Gasteiger partial charge in [0.1, 0.15) is 6.54 Å². The van der Waals surface area contributed by atoms with Crippen molar-refractivity contribution in [1.29, 1.82) is 0 Å². The Bertz CT molecular complexity index is 808. The van der Waals surface area contributed by atoms with E-state index in [1.54, 1.807) is 29.0 Å². The number of carbonyl (C=O) groups is 1. The van der Waals surface area contributed by atoms with Crippen molar-refractivity contribution in [2.75, 3.05) is 0 Å². The molecule has 0 unspecified atom stereocenters. The fourth-order valence-electron chi connectivity index (χ4n) is 2.10. The number of hydrazone groups is 1. The number of para-hydroxylation sites is 1. The lowest BCUT2D eigenvalue weighted by Gasteiger charge is -2.02. The standard InChI is InChI=1S/C16H17N5O3/c1-12-10-13(2)20(19-12)11-16(22)18-17-9-5-7-14-6-3-4-8-15(14)21(23)24/h3-10H,11H2,1-2H3,(H,18,22)/b7-5+,17-9+. The summed E-state index contributed by atoms with van der Waals surface area (Å²) in [7, 11) is 0. The van der Waals surface area contributed by atoms with Crippen LogP contribution in [0.25, 0.3) is 6.08 Å². The Morgan fingerprint density at radius 2 is 2.17 bits per heavy atom. The van der Waals surface area contributed by atoms with Crippen molar-refractivity contribution in [3.8, 4) is 0 Å². The third-order valence-corrected chi connectivity index (χ3v) is 3.16. The van der Waals surface area contributed by atoms with Crippen molar-refractivity contribution in [3.63, 3.8) is 0 Å². The molecule has 0 aliphatic rings. The van der Waals surface area contributed by atoms with E-state index in [2.05, 4.69) is 15.6 Å². The number of allylic oxidation sites excluding steroid dienone is 1. The van der Waals surface area contributed by atoms with Crippen LogP contribution in [-0.2, 0) is 11.3 Å². The van der Waals surface area contributed by atoms with Gasteiger partial charge in [0.15, 0.2) is 0 Å². The molecule has 0 aliphatic carbocycles. The summed E-state index contributed by atoms with van der Waals surface area (Å²) in [5, 5.41) is 18.8. The number of nitrogens with zero attached hydrogens (tertiary/aromatic N) is 4. The Labute approximate surface area is 138 Å². The van der Waals surface area contributed by atoms with Gasteiger partial charge in [-0.05, 0) is 38.1 Å². The van der Waals surface area contributed by atoms with Crippen molar-refractivity contribution in [2.24, 2.45) is 5.10 Å². The minimum Gasteiger partial charge on any atom is -0.271 e. The van der Waals surface area contributed by atoms with E-state index < -0.39 is 4.92 Å². The molecule has 0 saturated heterocycles. The Morgan fingerprint density at radius 3 is 2.83 bits per heavy atom. The van der Waals surface area contributed by atoms with Crippen LogP contribution in [0.5, 0.6) is 0 Å². The first-order valence-corrected chi connectivity index (χ1v) is 7.20. The average molecular weight is 327 g/mol. The quantitative estimate of drug-likeness (QED) is 0.499. The lowest BCUT2D eigenvalue weighted by Crippen LogP contribution is -2.24. The number of benzene rings is 1. The van der Waals surface area contributed by atoms with Crippen LogP contribution in [0.2, 0.25) is 0 Å². The van der Waals surface area contributed by atoms with E-state index in [0.29, 0.717) is 5.56 Å². The van der Waals surface area contributed by atoms with Gasteiger partial charge < -0.3 is 0 Å². The lowest BCUT2D eigenvalue weighted by atomic mass is 10.2. The van der Waals surface area contributed by atoms with Gasteiger partial charge in [0.05, 0.1) is 16.2 Å². The zero-order valence-electron chi connectivity index (χ0n) is 13.3. The summed E-state index contributed by atoms with van der Waals surface area (Å²) in [6.07, 6.45) is 4.43. The predicted molar refractivity (Wildman–Crippen MR) is 90.5 cm³/mol. The average Bonchev–Trinajstić information content (AvgIpc) is 2.84. The van der Waals surface area contributed by atoms with Gasteiger partial charge in [0.2, 0.25) is 0 Å². The number of carbonyl (C=O) groups excluding carboxylic acids is 1. The fourth-order valence-corrected chi connectivity index (χ4v) is 2.10. The monoisotopic (exact) mass is 327 g/mol. The van der Waals surface area contributed by atoms with E-state index in [0.717, 1.165) is 11.4 Å². The largest absolute Gasteiger partial charge is 0.276 e. The molecule has 0 bridgehead atoms. The molecule has 1 heterocycles. The third kappa shape index (κ3) is 4.60. The van der Waals surface area contributed by atoms with Crippen LogP contribution in [0.1, 0.15) is 17.0 Å². The number of aromatic nitrogens is 2. The molecule has 1 N–H and O–H groups in total. The molecule has 0 radical (unpaired) electrons. The minimum atomic E-state index is -0.451. The molecule has 0 saturated carbocycles. The number of amides is 1. The third-order valence-electron chi connectivity index (χ3n) is 3.16. The summed E-state index contributed by atoms with van der Waals surface area (Å²) < 4.78 is 1.59. The summed E-state index contributed by atoms with van der Waals surface area (Å²) in [6.45, 7) is 3.80. The Balaban J connectivity index is 1.89. The molecule has 1 aromatic carbocycles. The molecular formula is C16H17N5O3. The van der Waals surface area contributed by atoms with E-state index in [1.165, 1.54) is 18.4 Å². The maximum Gasteiger partial charge on any atom is 0.276 e. The molecule has 8 nitrogen and oxygen atoms in total. The van der Waals surface area contributed by atoms with E-state index in [4.69, 9.17) is 0 Å². The Hall–Kier alpha value is -3.29. The molecule has 24 heavy (non-hydrogen) atoms. The number of aryl methyl sites for hydroxylation is 2. The Kier molecular flexibility index (Phi) is 5.56. The van der Waals surface area contributed by atoms with Gasteiger partial charge in [0.25, 0.3) is 11.6 Å². The minimum absolute atomic E-state index is 0.00992. The molecule has 0 fully saturated rings. The molecule has 2 rings (SSSR count). The molecule has 0 atom stereocenters. The van der Waals surface area contributed by atoms with Gasteiger partial charge in [-0.2, -0.15) is 10.2 Å². The van der Waals surface area contributed by atoms with Crippen molar-refractivity contribution in [1.82, 2.24) is 15.2 Å². The van der Waals surface area contributed by atoms with Crippen LogP contribution in [0.15, 0.2) is 41.5 Å². The number of nitro benzene ring substituents is 1. The molecular weight excluding hydrogens is 310 g/mol. The number of nitrogens with one attached hydrogen (secondary N) is 1. The van der Waals surface area contributed by atoms with Crippen molar-refractivity contribution >= 4 is 23.9 Å². The van der Waals surface area contributed by atoms with Crippen molar-refractivity contribution < 1.29 is 9.72 Å². The summed E-state index contributed by atoms with van der Waals surface area (Å²) in [5.41, 5.74) is 4.58. The van der Waals surface area contributed by atoms with Gasteiger partial charge in [-0.3, -0.25) is 19.6 Å². The van der Waals surface area contributed by atoms with Crippen LogP contribution in [0.4, 0.5) is 5.69 Å². The van der Waals surface area contributed by atoms with Crippen LogP contribution < -0.4 is 5.43 Å². The van der Waals surface area contributed by atoms with Crippen LogP contribution in [0, 0.1) is 24.0 Å². The topological polar surface area (TPSA) is 102 Å². The molecule has 0 aliphatic heterocycles. The first-order valence-electron chi connectivity index (χ1n) is 7.20. The summed E-state index contributed by atoms with van der Waals surface area (Å²) in [6, 6.07) is 8.24. The van der Waals surface area contributed by atoms with E-state index in [1.807, 2.05) is 19.9 Å². The molecule has 0 spiro atoms. The highest BCUT2D eigenvalue weighted by molar-refractivity contribution is 5.82. The molecule has 8 heteroatoms. The summed E-state index contributed by atoms with van der Waals surface area (Å²) in [4.78, 5) is 22.2. The zero-order valence-corrected chi connectivity index (χ0v) is 13.3. The summed E-state index contributed by atoms with van der Waals surface area (Å²) in [5.74, 6) is -0.309. The van der Waals surface area contributed by atoms with E-state index >= 15 is 0 Å². The van der Waals surface area contributed by atoms with E-state index in [9.17, 15) is 14.9 Å². The first-order chi connectivity index (χ1) is 11.5. The van der Waals surface area contributed by atoms with Crippen molar-refractivity contribution in [2.45, 2.75) is 20.4 Å². The van der Waals surface area contributed by atoms with Gasteiger partial charge >= 0.3 is 0 Å². The zero-order chi connectivity index (χ0) is 17.5. The number of hydrogen-bond donors (Lipinski definition) is 1. The summed E-state index contributed by atoms with van der Waals surface area (Å²) >= 11 is 0. The molecule has 2 aromatic rings. The first kappa shape index (κ1) is 17.1. The van der Waals surface area contributed by atoms with Gasteiger partial charge in [-0.1, -0.05) is 12.1 Å². The highest BCUT2D eigenvalue weighted by Gasteiger charge is 2.08. The number of nitro groups is 1. The SMILES string of the molecule is Cc1cc(C)n(CC(=O)N/N=C/C=C/c2ccccc2[N+](=O)[O-])n1. The maximum absolute atomic E-state index is 11.8. The second-order valence-corrected chi connectivity index (χ2v) is 5.07. The smallest absolute Gasteiger partial charge is 0.271 e. The highest BCUT2D eigenvalue weighted by atomic mass is 16.6. The second kappa shape index (κ2) is 7.82. The molecule has 124 valence electrons. The van der Waals surface area contributed by atoms with Crippen LogP contribution in [0.3, 0.4) is 0 Å². The van der Waals surface area contributed by atoms with Crippen molar-refractivity contribution in [3.05, 3.63) is 63.5 Å². The Morgan fingerprint density at radius 1 is 1.42 bits per heavy atom.